The lowest BCUT2D eigenvalue weighted by atomic mass is 9.99. The molecule has 0 bridgehead atoms. The van der Waals surface area contributed by atoms with Gasteiger partial charge in [-0.2, -0.15) is 0 Å². The van der Waals surface area contributed by atoms with E-state index in [1.54, 1.807) is 18.3 Å². The average molecular weight is 280 g/mol. The molecule has 0 aliphatic rings. The first-order valence-corrected chi connectivity index (χ1v) is 6.31. The van der Waals surface area contributed by atoms with Crippen LogP contribution in [0.4, 0.5) is 4.39 Å². The number of aryl methyl sites for hydroxylation is 1. The van der Waals surface area contributed by atoms with Crippen molar-refractivity contribution in [3.63, 3.8) is 0 Å². The monoisotopic (exact) mass is 279 g/mol. The summed E-state index contributed by atoms with van der Waals surface area (Å²) >= 11 is 5.78. The topological polar surface area (TPSA) is 50.9 Å². The number of nitrogens with one attached hydrogen (secondary N) is 1. The summed E-state index contributed by atoms with van der Waals surface area (Å²) in [5, 5.41) is 0.124. The molecular formula is C14H15ClFN3. The van der Waals surface area contributed by atoms with Crippen LogP contribution in [0.25, 0.3) is 0 Å². The van der Waals surface area contributed by atoms with Crippen LogP contribution in [0.2, 0.25) is 5.02 Å². The summed E-state index contributed by atoms with van der Waals surface area (Å²) < 4.78 is 13.9. The minimum absolute atomic E-state index is 0.124. The van der Waals surface area contributed by atoms with Crippen molar-refractivity contribution in [2.45, 2.75) is 19.4 Å². The van der Waals surface area contributed by atoms with E-state index in [0.717, 1.165) is 11.3 Å². The maximum absolute atomic E-state index is 13.9. The Morgan fingerprint density at radius 2 is 2.21 bits per heavy atom. The molecule has 0 radical (unpaired) electrons. The van der Waals surface area contributed by atoms with Crippen LogP contribution >= 0.6 is 11.6 Å². The van der Waals surface area contributed by atoms with Crippen LogP contribution in [0.3, 0.4) is 0 Å². The van der Waals surface area contributed by atoms with Gasteiger partial charge < -0.3 is 0 Å². The van der Waals surface area contributed by atoms with Crippen molar-refractivity contribution in [1.29, 1.82) is 0 Å². The lowest BCUT2D eigenvalue weighted by Crippen LogP contribution is -2.30. The Labute approximate surface area is 116 Å². The summed E-state index contributed by atoms with van der Waals surface area (Å²) in [5.74, 6) is 5.17. The molecule has 0 aliphatic carbocycles. The number of halogens is 2. The van der Waals surface area contributed by atoms with E-state index in [-0.39, 0.29) is 11.1 Å². The van der Waals surface area contributed by atoms with Gasteiger partial charge in [0.15, 0.2) is 0 Å². The van der Waals surface area contributed by atoms with Gasteiger partial charge in [0.1, 0.15) is 5.82 Å². The molecule has 0 aliphatic heterocycles. The number of nitrogens with two attached hydrogens (primary N) is 1. The van der Waals surface area contributed by atoms with Crippen molar-refractivity contribution in [3.8, 4) is 0 Å². The number of hydrogen-bond donors (Lipinski definition) is 2. The molecule has 0 spiro atoms. The fraction of sp³-hybridized carbons (Fsp3) is 0.214. The normalized spacial score (nSPS) is 12.4. The highest BCUT2D eigenvalue weighted by atomic mass is 35.5. The van der Waals surface area contributed by atoms with Crippen molar-refractivity contribution in [1.82, 2.24) is 10.4 Å². The fourth-order valence-electron chi connectivity index (χ4n) is 1.98. The van der Waals surface area contributed by atoms with Gasteiger partial charge in [-0.3, -0.25) is 16.3 Å². The Hall–Kier alpha value is -1.49. The second-order valence-electron chi connectivity index (χ2n) is 4.37. The Bertz CT molecular complexity index is 574. The third-order valence-corrected chi connectivity index (χ3v) is 3.27. The average Bonchev–Trinajstić information content (AvgIpc) is 2.40. The van der Waals surface area contributed by atoms with Gasteiger partial charge in [0.05, 0.1) is 11.1 Å². The third-order valence-electron chi connectivity index (χ3n) is 2.98. The maximum atomic E-state index is 13.9. The van der Waals surface area contributed by atoms with Crippen LogP contribution in [0, 0.1) is 12.7 Å². The molecule has 1 aromatic heterocycles. The summed E-state index contributed by atoms with van der Waals surface area (Å²) in [7, 11) is 0. The van der Waals surface area contributed by atoms with E-state index in [1.165, 1.54) is 6.07 Å². The minimum atomic E-state index is -0.393. The molecule has 1 unspecified atom stereocenters. The Morgan fingerprint density at radius 3 is 2.89 bits per heavy atom. The molecule has 3 nitrogen and oxygen atoms in total. The third kappa shape index (κ3) is 3.29. The predicted molar refractivity (Wildman–Crippen MR) is 74.2 cm³/mol. The molecule has 19 heavy (non-hydrogen) atoms. The van der Waals surface area contributed by atoms with Gasteiger partial charge in [-0.25, -0.2) is 4.39 Å². The Morgan fingerprint density at radius 1 is 1.42 bits per heavy atom. The molecule has 100 valence electrons. The number of nitrogens with zero attached hydrogens (tertiary/aromatic N) is 1. The van der Waals surface area contributed by atoms with E-state index in [0.29, 0.717) is 12.0 Å². The van der Waals surface area contributed by atoms with Gasteiger partial charge in [0, 0.05) is 11.9 Å². The standard InChI is InChI=1S/C14H15ClFN3/c1-9-7-10(5-6-18-9)13(19-17)8-11-3-2-4-12(15)14(11)16/h2-7,13,19H,8,17H2,1H3. The van der Waals surface area contributed by atoms with Crippen LogP contribution in [0.1, 0.15) is 22.9 Å². The van der Waals surface area contributed by atoms with Gasteiger partial charge in [-0.05, 0) is 42.7 Å². The van der Waals surface area contributed by atoms with Gasteiger partial charge in [0.25, 0.3) is 0 Å². The zero-order chi connectivity index (χ0) is 13.8. The lowest BCUT2D eigenvalue weighted by molar-refractivity contribution is 0.528. The highest BCUT2D eigenvalue weighted by Crippen LogP contribution is 2.23. The number of rotatable bonds is 4. The van der Waals surface area contributed by atoms with Gasteiger partial charge in [-0.15, -0.1) is 0 Å². The first-order valence-electron chi connectivity index (χ1n) is 5.93. The number of aromatic nitrogens is 1. The molecule has 1 heterocycles. The van der Waals surface area contributed by atoms with E-state index in [9.17, 15) is 4.39 Å². The summed E-state index contributed by atoms with van der Waals surface area (Å²) in [6, 6.07) is 8.57. The summed E-state index contributed by atoms with van der Waals surface area (Å²) in [5.41, 5.74) is 5.10. The Kier molecular flexibility index (Phi) is 4.47. The van der Waals surface area contributed by atoms with Crippen LogP contribution in [-0.4, -0.2) is 4.98 Å². The molecule has 0 amide bonds. The van der Waals surface area contributed by atoms with E-state index in [2.05, 4.69) is 10.4 Å². The Balaban J connectivity index is 2.26. The van der Waals surface area contributed by atoms with Gasteiger partial charge >= 0.3 is 0 Å². The van der Waals surface area contributed by atoms with Crippen LogP contribution in [0.5, 0.6) is 0 Å². The fourth-order valence-corrected chi connectivity index (χ4v) is 2.18. The highest BCUT2D eigenvalue weighted by molar-refractivity contribution is 6.30. The predicted octanol–water partition coefficient (Wildman–Crippen LogP) is 2.93. The van der Waals surface area contributed by atoms with Crippen LogP contribution < -0.4 is 11.3 Å². The number of benzene rings is 1. The largest absolute Gasteiger partial charge is 0.271 e. The zero-order valence-corrected chi connectivity index (χ0v) is 11.3. The van der Waals surface area contributed by atoms with Crippen LogP contribution in [-0.2, 0) is 6.42 Å². The molecule has 3 N–H and O–H groups in total. The van der Waals surface area contributed by atoms with Gasteiger partial charge in [0.2, 0.25) is 0 Å². The second-order valence-corrected chi connectivity index (χ2v) is 4.77. The van der Waals surface area contributed by atoms with Crippen molar-refractivity contribution >= 4 is 11.6 Å². The minimum Gasteiger partial charge on any atom is -0.271 e. The first kappa shape index (κ1) is 13.9. The quantitative estimate of drug-likeness (QED) is 0.668. The van der Waals surface area contributed by atoms with Crippen LogP contribution in [0.15, 0.2) is 36.5 Å². The summed E-state index contributed by atoms with van der Waals surface area (Å²) in [6.07, 6.45) is 2.13. The van der Waals surface area contributed by atoms with Crippen molar-refractivity contribution < 1.29 is 4.39 Å². The second kappa shape index (κ2) is 6.10. The van der Waals surface area contributed by atoms with Crippen molar-refractivity contribution in [2.75, 3.05) is 0 Å². The summed E-state index contributed by atoms with van der Waals surface area (Å²) in [6.45, 7) is 1.90. The van der Waals surface area contributed by atoms with Crippen molar-refractivity contribution in [3.05, 3.63) is 64.2 Å². The van der Waals surface area contributed by atoms with E-state index in [4.69, 9.17) is 17.4 Å². The molecule has 0 saturated carbocycles. The molecule has 5 heteroatoms. The number of pyridine rings is 1. The summed E-state index contributed by atoms with van der Waals surface area (Å²) in [4.78, 5) is 4.13. The molecule has 0 saturated heterocycles. The van der Waals surface area contributed by atoms with Gasteiger partial charge in [-0.1, -0.05) is 23.7 Å². The molecule has 2 rings (SSSR count). The molecule has 0 fully saturated rings. The maximum Gasteiger partial charge on any atom is 0.145 e. The zero-order valence-electron chi connectivity index (χ0n) is 10.5. The lowest BCUT2D eigenvalue weighted by Gasteiger charge is -2.17. The molecular weight excluding hydrogens is 265 g/mol. The van der Waals surface area contributed by atoms with Crippen molar-refractivity contribution in [2.24, 2.45) is 5.84 Å². The number of hydrazine groups is 1. The molecule has 1 aromatic carbocycles. The SMILES string of the molecule is Cc1cc(C(Cc2cccc(Cl)c2F)NN)ccn1. The smallest absolute Gasteiger partial charge is 0.145 e. The molecule has 2 aromatic rings. The number of hydrogen-bond acceptors (Lipinski definition) is 3. The van der Waals surface area contributed by atoms with E-state index < -0.39 is 5.82 Å². The first-order chi connectivity index (χ1) is 9.11. The molecule has 1 atom stereocenters. The van der Waals surface area contributed by atoms with E-state index >= 15 is 0 Å². The highest BCUT2D eigenvalue weighted by Gasteiger charge is 2.14. The van der Waals surface area contributed by atoms with E-state index in [1.807, 2.05) is 19.1 Å².